The van der Waals surface area contributed by atoms with Gasteiger partial charge in [-0.1, -0.05) is 188 Å². The van der Waals surface area contributed by atoms with Crippen LogP contribution in [0.15, 0.2) is 276 Å². The average Bonchev–Trinajstić information content (AvgIpc) is 4.02. The standard InChI is InChI=1S/C66H44N2O2/c1-4-14-45(15-5-1)48-26-34-52(35-27-48)67(53-36-28-49(29-37-53)46-16-6-2-7-17-46)54-40-32-51(33-41-54)57-21-12-22-60-61-23-13-24-62(66(61)70-65(57)60)68(55-38-30-50(31-39-55)47-18-8-3-9-19-47)56-42-43-59-58-20-10-11-25-63(58)69-64(59)44-56/h1-44H. The molecule has 13 rings (SSSR count). The van der Waals surface area contributed by atoms with Crippen LogP contribution >= 0.6 is 0 Å². The number of benzene rings is 11. The summed E-state index contributed by atoms with van der Waals surface area (Å²) in [6.07, 6.45) is 0. The third kappa shape index (κ3) is 7.36. The summed E-state index contributed by atoms with van der Waals surface area (Å²) in [7, 11) is 0. The van der Waals surface area contributed by atoms with Gasteiger partial charge in [-0.25, -0.2) is 0 Å². The molecule has 0 unspecified atom stereocenters. The van der Waals surface area contributed by atoms with Gasteiger partial charge in [-0.15, -0.1) is 0 Å². The SMILES string of the molecule is c1ccc(-c2ccc(N(c3ccc(-c4ccccc4)cc3)c3ccc(-c4cccc5c4oc4c(N(c6ccc(-c7ccccc7)cc6)c6ccc7c(c6)oc6ccccc67)cccc45)cc3)cc2)cc1. The van der Waals surface area contributed by atoms with Gasteiger partial charge in [-0.3, -0.25) is 0 Å². The average molecular weight is 897 g/mol. The van der Waals surface area contributed by atoms with Crippen molar-refractivity contribution in [1.82, 2.24) is 0 Å². The van der Waals surface area contributed by atoms with Gasteiger partial charge >= 0.3 is 0 Å². The van der Waals surface area contributed by atoms with E-state index >= 15 is 0 Å². The van der Waals surface area contributed by atoms with Crippen molar-refractivity contribution in [2.45, 2.75) is 0 Å². The molecule has 0 atom stereocenters. The van der Waals surface area contributed by atoms with E-state index in [2.05, 4.69) is 265 Å². The van der Waals surface area contributed by atoms with Crippen molar-refractivity contribution in [1.29, 1.82) is 0 Å². The summed E-state index contributed by atoms with van der Waals surface area (Å²) in [6.45, 7) is 0. The fourth-order valence-corrected chi connectivity index (χ4v) is 10.0. The molecular weight excluding hydrogens is 853 g/mol. The van der Waals surface area contributed by atoms with E-state index in [1.807, 2.05) is 12.1 Å². The van der Waals surface area contributed by atoms with Crippen molar-refractivity contribution in [2.75, 3.05) is 9.80 Å². The van der Waals surface area contributed by atoms with Gasteiger partial charge in [0.15, 0.2) is 5.58 Å². The smallest absolute Gasteiger partial charge is 0.159 e. The van der Waals surface area contributed by atoms with E-state index in [4.69, 9.17) is 8.83 Å². The van der Waals surface area contributed by atoms with E-state index < -0.39 is 0 Å². The van der Waals surface area contributed by atoms with Gasteiger partial charge in [0.25, 0.3) is 0 Å². The molecule has 0 aliphatic heterocycles. The summed E-state index contributed by atoms with van der Waals surface area (Å²) < 4.78 is 13.6. The fraction of sp³-hybridized carbons (Fsp3) is 0. The van der Waals surface area contributed by atoms with Crippen molar-refractivity contribution >= 4 is 78.0 Å². The zero-order valence-electron chi connectivity index (χ0n) is 38.1. The minimum absolute atomic E-state index is 0.808. The number of nitrogens with zero attached hydrogens (tertiary/aromatic N) is 2. The third-order valence-electron chi connectivity index (χ3n) is 13.5. The quantitative estimate of drug-likeness (QED) is 0.137. The lowest BCUT2D eigenvalue weighted by atomic mass is 10.0. The van der Waals surface area contributed by atoms with Gasteiger partial charge in [0, 0.05) is 55.9 Å². The highest BCUT2D eigenvalue weighted by Crippen LogP contribution is 2.46. The zero-order chi connectivity index (χ0) is 46.4. The number of anilines is 6. The van der Waals surface area contributed by atoms with Crippen LogP contribution < -0.4 is 9.80 Å². The molecule has 0 saturated heterocycles. The molecule has 0 spiro atoms. The normalized spacial score (nSPS) is 11.4. The van der Waals surface area contributed by atoms with Gasteiger partial charge in [0.2, 0.25) is 0 Å². The van der Waals surface area contributed by atoms with Crippen LogP contribution in [-0.2, 0) is 0 Å². The van der Waals surface area contributed by atoms with Crippen LogP contribution in [0.1, 0.15) is 0 Å². The Morgan fingerprint density at radius 1 is 0.229 bits per heavy atom. The molecular formula is C66H44N2O2. The molecule has 330 valence electrons. The third-order valence-corrected chi connectivity index (χ3v) is 13.5. The molecule has 13 aromatic rings. The number of furan rings is 2. The van der Waals surface area contributed by atoms with E-state index in [0.29, 0.717) is 0 Å². The monoisotopic (exact) mass is 896 g/mol. The minimum Gasteiger partial charge on any atom is -0.456 e. The first kappa shape index (κ1) is 40.9. The van der Waals surface area contributed by atoms with Crippen molar-refractivity contribution in [3.63, 3.8) is 0 Å². The van der Waals surface area contributed by atoms with E-state index in [1.54, 1.807) is 0 Å². The maximum Gasteiger partial charge on any atom is 0.159 e. The summed E-state index contributed by atoms with van der Waals surface area (Å²) in [5.74, 6) is 0. The van der Waals surface area contributed by atoms with E-state index in [-0.39, 0.29) is 0 Å². The number of rotatable bonds is 10. The Kier molecular flexibility index (Phi) is 10.1. The molecule has 70 heavy (non-hydrogen) atoms. The van der Waals surface area contributed by atoms with Crippen molar-refractivity contribution in [2.24, 2.45) is 0 Å². The maximum atomic E-state index is 7.16. The van der Waals surface area contributed by atoms with Crippen molar-refractivity contribution in [3.05, 3.63) is 267 Å². The zero-order valence-corrected chi connectivity index (χ0v) is 38.1. The molecule has 2 heterocycles. The van der Waals surface area contributed by atoms with Gasteiger partial charge in [0.1, 0.15) is 16.7 Å². The lowest BCUT2D eigenvalue weighted by Crippen LogP contribution is -2.10. The lowest BCUT2D eigenvalue weighted by Gasteiger charge is -2.26. The highest BCUT2D eigenvalue weighted by atomic mass is 16.3. The Morgan fingerprint density at radius 3 is 1.17 bits per heavy atom. The minimum atomic E-state index is 0.808. The Balaban J connectivity index is 0.904. The first-order chi connectivity index (χ1) is 34.7. The first-order valence-electron chi connectivity index (χ1n) is 23.7. The number of hydrogen-bond acceptors (Lipinski definition) is 4. The Morgan fingerprint density at radius 2 is 0.629 bits per heavy atom. The lowest BCUT2D eigenvalue weighted by molar-refractivity contribution is 0.668. The summed E-state index contributed by atoms with van der Waals surface area (Å²) in [5, 5.41) is 4.29. The molecule has 0 saturated carbocycles. The predicted octanol–water partition coefficient (Wildman–Crippen LogP) is 19.1. The van der Waals surface area contributed by atoms with Gasteiger partial charge in [0.05, 0.1) is 11.4 Å². The Bertz CT molecular complexity index is 3870. The van der Waals surface area contributed by atoms with E-state index in [0.717, 1.165) is 94.7 Å². The molecule has 0 radical (unpaired) electrons. The van der Waals surface area contributed by atoms with Crippen LogP contribution in [-0.4, -0.2) is 0 Å². The molecule has 0 fully saturated rings. The second-order valence-electron chi connectivity index (χ2n) is 17.7. The number of para-hydroxylation sites is 3. The summed E-state index contributed by atoms with van der Waals surface area (Å²) >= 11 is 0. The molecule has 4 nitrogen and oxygen atoms in total. The van der Waals surface area contributed by atoms with Crippen molar-refractivity contribution < 1.29 is 8.83 Å². The van der Waals surface area contributed by atoms with Crippen molar-refractivity contribution in [3.8, 4) is 44.5 Å². The topological polar surface area (TPSA) is 32.8 Å². The van der Waals surface area contributed by atoms with Crippen LogP contribution in [0, 0.1) is 0 Å². The fourth-order valence-electron chi connectivity index (χ4n) is 10.0. The molecule has 0 amide bonds. The highest BCUT2D eigenvalue weighted by Gasteiger charge is 2.23. The Labute approximate surface area is 406 Å². The maximum absolute atomic E-state index is 7.16. The molecule has 0 N–H and O–H groups in total. The summed E-state index contributed by atoms with van der Waals surface area (Å²) in [4.78, 5) is 4.61. The largest absolute Gasteiger partial charge is 0.456 e. The van der Waals surface area contributed by atoms with Crippen LogP contribution in [0.3, 0.4) is 0 Å². The van der Waals surface area contributed by atoms with Crippen LogP contribution in [0.5, 0.6) is 0 Å². The molecule has 2 aromatic heterocycles. The summed E-state index contributed by atoms with van der Waals surface area (Å²) in [5.41, 5.74) is 18.6. The van der Waals surface area contributed by atoms with Gasteiger partial charge in [-0.2, -0.15) is 0 Å². The molecule has 0 bridgehead atoms. The van der Waals surface area contributed by atoms with Gasteiger partial charge < -0.3 is 18.6 Å². The van der Waals surface area contributed by atoms with Crippen LogP contribution in [0.2, 0.25) is 0 Å². The highest BCUT2D eigenvalue weighted by molar-refractivity contribution is 6.14. The summed E-state index contributed by atoms with van der Waals surface area (Å²) in [6, 6.07) is 94.5. The molecule has 0 aliphatic carbocycles. The molecule has 0 aliphatic rings. The second-order valence-corrected chi connectivity index (χ2v) is 17.7. The second kappa shape index (κ2) is 17.4. The predicted molar refractivity (Wildman–Crippen MR) is 292 cm³/mol. The first-order valence-corrected chi connectivity index (χ1v) is 23.7. The van der Waals surface area contributed by atoms with E-state index in [1.165, 1.54) is 27.8 Å². The number of hydrogen-bond donors (Lipinski definition) is 0. The molecule has 11 aromatic carbocycles. The molecule has 4 heteroatoms. The van der Waals surface area contributed by atoms with Crippen LogP contribution in [0.4, 0.5) is 34.1 Å². The van der Waals surface area contributed by atoms with Crippen LogP contribution in [0.25, 0.3) is 88.4 Å². The number of fused-ring (bicyclic) bond motifs is 6. The van der Waals surface area contributed by atoms with Gasteiger partial charge in [-0.05, 0) is 112 Å². The van der Waals surface area contributed by atoms with E-state index in [9.17, 15) is 0 Å². The Hall–Kier alpha value is -9.38.